The van der Waals surface area contributed by atoms with Gasteiger partial charge in [-0.1, -0.05) is 11.2 Å². The van der Waals surface area contributed by atoms with Crippen molar-refractivity contribution in [3.8, 4) is 5.75 Å². The Bertz CT molecular complexity index is 1080. The first-order valence-corrected chi connectivity index (χ1v) is 11.0. The van der Waals surface area contributed by atoms with Gasteiger partial charge in [0.25, 0.3) is 0 Å². The van der Waals surface area contributed by atoms with Crippen molar-refractivity contribution in [2.24, 2.45) is 5.16 Å². The molecule has 4 rings (SSSR count). The quantitative estimate of drug-likeness (QED) is 0.564. The minimum Gasteiger partial charge on any atom is -0.484 e. The van der Waals surface area contributed by atoms with Gasteiger partial charge >= 0.3 is 6.18 Å². The van der Waals surface area contributed by atoms with Crippen LogP contribution in [0.4, 0.5) is 22.0 Å². The summed E-state index contributed by atoms with van der Waals surface area (Å²) in [5.41, 5.74) is -0.781. The normalized spacial score (nSPS) is 18.9. The number of alkyl halides is 3. The standard InChI is InChI=1S/C22H23F5N4O4/c1-13-9-18(22(25,26)27)28-31(13)11-20(32)30-7-5-14(6-8-30)34-19-10-15(35-29-19)12-33-21-16(23)3-2-4-17(21)24/h2-4,9,14-15H,5-8,10-12H2,1H3. The maximum atomic E-state index is 13.7. The molecular formula is C22H23F5N4O4. The van der Waals surface area contributed by atoms with E-state index < -0.39 is 35.4 Å². The van der Waals surface area contributed by atoms with Crippen LogP contribution in [0.2, 0.25) is 0 Å². The summed E-state index contributed by atoms with van der Waals surface area (Å²) in [7, 11) is 0. The lowest BCUT2D eigenvalue weighted by molar-refractivity contribution is -0.142. The van der Waals surface area contributed by atoms with E-state index in [9.17, 15) is 26.7 Å². The third-order valence-corrected chi connectivity index (χ3v) is 5.69. The largest absolute Gasteiger partial charge is 0.484 e. The first-order chi connectivity index (χ1) is 16.6. The SMILES string of the molecule is Cc1cc(C(F)(F)F)nn1CC(=O)N1CCC(OC2=NOC(COc3c(F)cccc3F)C2)CC1. The number of oxime groups is 1. The highest BCUT2D eigenvalue weighted by atomic mass is 19.4. The van der Waals surface area contributed by atoms with Gasteiger partial charge in [-0.25, -0.2) is 8.78 Å². The molecule has 0 spiro atoms. The molecular weight excluding hydrogens is 479 g/mol. The lowest BCUT2D eigenvalue weighted by Crippen LogP contribution is -2.43. The number of benzene rings is 1. The highest BCUT2D eigenvalue weighted by Crippen LogP contribution is 2.28. The molecule has 13 heteroatoms. The van der Waals surface area contributed by atoms with E-state index in [2.05, 4.69) is 10.3 Å². The van der Waals surface area contributed by atoms with Crippen LogP contribution < -0.4 is 4.74 Å². The van der Waals surface area contributed by atoms with E-state index in [-0.39, 0.29) is 37.3 Å². The molecule has 1 fully saturated rings. The number of hydrogen-bond donors (Lipinski definition) is 0. The molecule has 190 valence electrons. The molecule has 1 aromatic carbocycles. The number of likely N-dealkylation sites (tertiary alicyclic amines) is 1. The fourth-order valence-electron chi connectivity index (χ4n) is 3.81. The Balaban J connectivity index is 1.20. The maximum Gasteiger partial charge on any atom is 0.435 e. The zero-order valence-electron chi connectivity index (χ0n) is 18.7. The van der Waals surface area contributed by atoms with Crippen LogP contribution in [0.15, 0.2) is 29.4 Å². The number of carbonyl (C=O) groups excluding carboxylic acids is 1. The first-order valence-electron chi connectivity index (χ1n) is 11.0. The summed E-state index contributed by atoms with van der Waals surface area (Å²) in [4.78, 5) is 19.3. The summed E-state index contributed by atoms with van der Waals surface area (Å²) in [5, 5.41) is 7.34. The van der Waals surface area contributed by atoms with Crippen LogP contribution in [0.3, 0.4) is 0 Å². The second-order valence-corrected chi connectivity index (χ2v) is 8.30. The van der Waals surface area contributed by atoms with Crippen molar-refractivity contribution in [3.05, 3.63) is 47.3 Å². The topological polar surface area (TPSA) is 78.2 Å². The average Bonchev–Trinajstić information content (AvgIpc) is 3.40. The van der Waals surface area contributed by atoms with Gasteiger partial charge in [-0.3, -0.25) is 9.48 Å². The third-order valence-electron chi connectivity index (χ3n) is 5.69. The van der Waals surface area contributed by atoms with Crippen LogP contribution in [-0.4, -0.2) is 58.4 Å². The number of aryl methyl sites for hydroxylation is 1. The van der Waals surface area contributed by atoms with Gasteiger partial charge in [-0.15, -0.1) is 0 Å². The van der Waals surface area contributed by atoms with Crippen LogP contribution in [0.25, 0.3) is 0 Å². The lowest BCUT2D eigenvalue weighted by Gasteiger charge is -2.32. The predicted molar refractivity (Wildman–Crippen MR) is 111 cm³/mol. The molecule has 0 N–H and O–H groups in total. The number of para-hydroxylation sites is 1. The number of amides is 1. The van der Waals surface area contributed by atoms with E-state index >= 15 is 0 Å². The van der Waals surface area contributed by atoms with Crippen molar-refractivity contribution in [1.29, 1.82) is 0 Å². The summed E-state index contributed by atoms with van der Waals surface area (Å²) in [6.45, 7) is 1.79. The number of aromatic nitrogens is 2. The number of rotatable bonds is 6. The zero-order chi connectivity index (χ0) is 25.2. The number of hydrogen-bond acceptors (Lipinski definition) is 6. The second kappa shape index (κ2) is 10.1. The summed E-state index contributed by atoms with van der Waals surface area (Å²) >= 11 is 0. The fourth-order valence-corrected chi connectivity index (χ4v) is 3.81. The minimum absolute atomic E-state index is 0.121. The second-order valence-electron chi connectivity index (χ2n) is 8.30. The number of nitrogens with zero attached hydrogens (tertiary/aromatic N) is 4. The first kappa shape index (κ1) is 24.7. The molecule has 1 amide bonds. The van der Waals surface area contributed by atoms with E-state index in [0.29, 0.717) is 31.8 Å². The Kier molecular flexibility index (Phi) is 7.13. The van der Waals surface area contributed by atoms with Gasteiger partial charge in [0.2, 0.25) is 11.8 Å². The van der Waals surface area contributed by atoms with Crippen LogP contribution in [-0.2, 0) is 27.1 Å². The molecule has 2 aliphatic rings. The Morgan fingerprint density at radius 2 is 1.89 bits per heavy atom. The maximum absolute atomic E-state index is 13.7. The Hall–Kier alpha value is -3.38. The fraction of sp³-hybridized carbons (Fsp3) is 0.500. The molecule has 2 aliphatic heterocycles. The number of ether oxygens (including phenoxy) is 2. The molecule has 1 aromatic heterocycles. The monoisotopic (exact) mass is 502 g/mol. The zero-order valence-corrected chi connectivity index (χ0v) is 18.7. The summed E-state index contributed by atoms with van der Waals surface area (Å²) in [6, 6.07) is 4.32. The summed E-state index contributed by atoms with van der Waals surface area (Å²) in [5.74, 6) is -2.12. The molecule has 3 heterocycles. The van der Waals surface area contributed by atoms with E-state index in [1.54, 1.807) is 4.90 Å². The van der Waals surface area contributed by atoms with Crippen LogP contribution in [0.1, 0.15) is 30.7 Å². The Morgan fingerprint density at radius 3 is 2.51 bits per heavy atom. The van der Waals surface area contributed by atoms with Crippen molar-refractivity contribution in [3.63, 3.8) is 0 Å². The van der Waals surface area contributed by atoms with Gasteiger partial charge in [0.1, 0.15) is 19.3 Å². The Labute approximate surface area is 197 Å². The predicted octanol–water partition coefficient (Wildman–Crippen LogP) is 3.68. The number of carbonyl (C=O) groups is 1. The van der Waals surface area contributed by atoms with Gasteiger partial charge in [0, 0.05) is 31.6 Å². The molecule has 0 bridgehead atoms. The molecule has 35 heavy (non-hydrogen) atoms. The third kappa shape index (κ3) is 6.01. The smallest absolute Gasteiger partial charge is 0.435 e. The van der Waals surface area contributed by atoms with Gasteiger partial charge in [0.05, 0.1) is 6.42 Å². The molecule has 2 aromatic rings. The average molecular weight is 502 g/mol. The molecule has 8 nitrogen and oxygen atoms in total. The molecule has 1 unspecified atom stereocenters. The van der Waals surface area contributed by atoms with Crippen molar-refractivity contribution in [2.75, 3.05) is 19.7 Å². The van der Waals surface area contributed by atoms with Gasteiger partial charge < -0.3 is 19.2 Å². The van der Waals surface area contributed by atoms with Crippen molar-refractivity contribution < 1.29 is 41.1 Å². The molecule has 1 atom stereocenters. The molecule has 0 saturated carbocycles. The summed E-state index contributed by atoms with van der Waals surface area (Å²) < 4.78 is 77.8. The van der Waals surface area contributed by atoms with E-state index in [0.717, 1.165) is 22.9 Å². The van der Waals surface area contributed by atoms with Crippen molar-refractivity contribution in [2.45, 2.75) is 51.1 Å². The van der Waals surface area contributed by atoms with E-state index in [1.807, 2.05) is 0 Å². The van der Waals surface area contributed by atoms with Gasteiger partial charge in [-0.2, -0.15) is 18.3 Å². The number of piperidine rings is 1. The van der Waals surface area contributed by atoms with E-state index in [1.165, 1.54) is 13.0 Å². The van der Waals surface area contributed by atoms with Crippen LogP contribution in [0, 0.1) is 18.6 Å². The molecule has 0 aliphatic carbocycles. The van der Waals surface area contributed by atoms with E-state index in [4.69, 9.17) is 14.3 Å². The highest BCUT2D eigenvalue weighted by Gasteiger charge is 2.35. The number of halogens is 5. The van der Waals surface area contributed by atoms with Crippen molar-refractivity contribution in [1.82, 2.24) is 14.7 Å². The highest BCUT2D eigenvalue weighted by molar-refractivity contribution is 5.77. The van der Waals surface area contributed by atoms with Gasteiger partial charge in [-0.05, 0) is 25.1 Å². The van der Waals surface area contributed by atoms with Crippen LogP contribution >= 0.6 is 0 Å². The minimum atomic E-state index is -4.57. The lowest BCUT2D eigenvalue weighted by atomic mass is 10.1. The summed E-state index contributed by atoms with van der Waals surface area (Å²) in [6.07, 6.45) is -4.11. The van der Waals surface area contributed by atoms with Crippen LogP contribution in [0.5, 0.6) is 5.75 Å². The van der Waals surface area contributed by atoms with Crippen molar-refractivity contribution >= 4 is 11.8 Å². The van der Waals surface area contributed by atoms with Gasteiger partial charge in [0.15, 0.2) is 29.2 Å². The Morgan fingerprint density at radius 1 is 1.20 bits per heavy atom. The molecule has 0 radical (unpaired) electrons. The molecule has 1 saturated heterocycles.